The largest absolute Gasteiger partial charge is 0.389 e. The Hall–Kier alpha value is -1.56. The predicted octanol–water partition coefficient (Wildman–Crippen LogP) is 4.13. The van der Waals surface area contributed by atoms with Crippen LogP contribution in [0.2, 0.25) is 0 Å². The monoisotopic (exact) mass is 303 g/mol. The van der Waals surface area contributed by atoms with E-state index < -0.39 is 18.1 Å². The fourth-order valence-corrected chi connectivity index (χ4v) is 2.72. The summed E-state index contributed by atoms with van der Waals surface area (Å²) in [6, 6.07) is 5.15. The Morgan fingerprint density at radius 1 is 1.30 bits per heavy atom. The van der Waals surface area contributed by atoms with Crippen LogP contribution in [0, 0.1) is 10.1 Å². The second-order valence-electron chi connectivity index (χ2n) is 3.65. The number of halogens is 1. The highest BCUT2D eigenvalue weighted by molar-refractivity contribution is 7.58. The zero-order valence-electron chi connectivity index (χ0n) is 11.1. The summed E-state index contributed by atoms with van der Waals surface area (Å²) in [6.07, 6.45) is 0.982. The zero-order valence-corrected chi connectivity index (χ0v) is 12.0. The fraction of sp³-hybridized carbons (Fsp3) is 0.333. The van der Waals surface area contributed by atoms with Gasteiger partial charge < -0.3 is 9.05 Å². The molecule has 1 aromatic carbocycles. The van der Waals surface area contributed by atoms with Crippen molar-refractivity contribution in [3.63, 3.8) is 0 Å². The highest BCUT2D eigenvalue weighted by atomic mass is 31.2. The molecule has 110 valence electrons. The topological polar surface area (TPSA) is 78.7 Å². The Labute approximate surface area is 115 Å². The number of benzene rings is 1. The Bertz CT molecular complexity index is 533. The van der Waals surface area contributed by atoms with Crippen LogP contribution in [0.3, 0.4) is 0 Å². The summed E-state index contributed by atoms with van der Waals surface area (Å²) in [7, 11) is -3.95. The number of rotatable bonds is 7. The van der Waals surface area contributed by atoms with E-state index >= 15 is 0 Å². The highest BCUT2D eigenvalue weighted by Gasteiger charge is 2.30. The van der Waals surface area contributed by atoms with Crippen LogP contribution in [0.15, 0.2) is 29.8 Å². The van der Waals surface area contributed by atoms with E-state index in [0.717, 1.165) is 6.08 Å². The summed E-state index contributed by atoms with van der Waals surface area (Å²) in [6.45, 7) is 3.23. The molecular weight excluding hydrogens is 288 g/mol. The van der Waals surface area contributed by atoms with Gasteiger partial charge in [0.2, 0.25) is 5.57 Å². The SMILES string of the molecule is CCOP(=O)(OCC)/C(F)=C\c1ccc([N+](=O)[O-])cc1. The van der Waals surface area contributed by atoms with Gasteiger partial charge in [-0.15, -0.1) is 0 Å². The van der Waals surface area contributed by atoms with Crippen molar-refractivity contribution in [2.24, 2.45) is 0 Å². The first-order valence-electron chi connectivity index (χ1n) is 5.94. The number of nitrogens with zero attached hydrogens (tertiary/aromatic N) is 1. The number of hydrogen-bond acceptors (Lipinski definition) is 5. The molecule has 0 spiro atoms. The van der Waals surface area contributed by atoms with Crippen molar-refractivity contribution in [3.8, 4) is 0 Å². The van der Waals surface area contributed by atoms with E-state index in [0.29, 0.717) is 5.56 Å². The van der Waals surface area contributed by atoms with Gasteiger partial charge in [-0.25, -0.2) is 0 Å². The normalized spacial score (nSPS) is 12.4. The average Bonchev–Trinajstić information content (AvgIpc) is 2.39. The molecule has 0 aliphatic heterocycles. The molecule has 0 atom stereocenters. The van der Waals surface area contributed by atoms with Gasteiger partial charge in [0.1, 0.15) is 0 Å². The molecule has 0 saturated heterocycles. The van der Waals surface area contributed by atoms with Crippen LogP contribution in [-0.4, -0.2) is 18.1 Å². The molecule has 20 heavy (non-hydrogen) atoms. The second-order valence-corrected chi connectivity index (χ2v) is 5.59. The van der Waals surface area contributed by atoms with Gasteiger partial charge in [0, 0.05) is 12.1 Å². The molecule has 0 amide bonds. The van der Waals surface area contributed by atoms with Gasteiger partial charge in [-0.1, -0.05) is 0 Å². The fourth-order valence-electron chi connectivity index (χ4n) is 1.41. The van der Waals surface area contributed by atoms with E-state index in [-0.39, 0.29) is 18.9 Å². The third kappa shape index (κ3) is 4.23. The molecule has 6 nitrogen and oxygen atoms in total. The molecule has 0 saturated carbocycles. The predicted molar refractivity (Wildman–Crippen MR) is 73.0 cm³/mol. The van der Waals surface area contributed by atoms with Crippen LogP contribution in [-0.2, 0) is 13.6 Å². The van der Waals surface area contributed by atoms with Crippen molar-refractivity contribution >= 4 is 19.4 Å². The van der Waals surface area contributed by atoms with Gasteiger partial charge in [0.25, 0.3) is 5.69 Å². The van der Waals surface area contributed by atoms with Crippen LogP contribution < -0.4 is 0 Å². The molecular formula is C12H15FNO5P. The molecule has 8 heteroatoms. The maximum atomic E-state index is 14.0. The first-order valence-corrected chi connectivity index (χ1v) is 7.48. The lowest BCUT2D eigenvalue weighted by Crippen LogP contribution is -1.96. The Balaban J connectivity index is 3.01. The van der Waals surface area contributed by atoms with Crippen molar-refractivity contribution in [1.29, 1.82) is 0 Å². The van der Waals surface area contributed by atoms with Gasteiger partial charge >= 0.3 is 7.60 Å². The molecule has 0 radical (unpaired) electrons. The van der Waals surface area contributed by atoms with Gasteiger partial charge in [-0.2, -0.15) is 4.39 Å². The summed E-state index contributed by atoms with van der Waals surface area (Å²) in [5.41, 5.74) is -0.817. The van der Waals surface area contributed by atoms with Gasteiger partial charge in [-0.3, -0.25) is 14.7 Å². The standard InChI is InChI=1S/C12H15FNO5P/c1-3-18-20(17,19-4-2)12(13)9-10-5-7-11(8-6-10)14(15)16/h5-9H,3-4H2,1-2H3/b12-9-. The van der Waals surface area contributed by atoms with E-state index in [2.05, 4.69) is 0 Å². The lowest BCUT2D eigenvalue weighted by atomic mass is 10.2. The van der Waals surface area contributed by atoms with Crippen LogP contribution in [0.5, 0.6) is 0 Å². The zero-order chi connectivity index (χ0) is 15.2. The van der Waals surface area contributed by atoms with E-state index in [4.69, 9.17) is 9.05 Å². The Morgan fingerprint density at radius 2 is 1.80 bits per heavy atom. The number of nitro groups is 1. The van der Waals surface area contributed by atoms with Crippen molar-refractivity contribution < 1.29 is 22.9 Å². The highest BCUT2D eigenvalue weighted by Crippen LogP contribution is 2.57. The molecule has 0 aliphatic carbocycles. The van der Waals surface area contributed by atoms with Gasteiger partial charge in [0.15, 0.2) is 0 Å². The van der Waals surface area contributed by atoms with E-state index in [1.807, 2.05) is 0 Å². The van der Waals surface area contributed by atoms with E-state index in [1.54, 1.807) is 13.8 Å². The molecule has 0 aromatic heterocycles. The Morgan fingerprint density at radius 3 is 2.20 bits per heavy atom. The van der Waals surface area contributed by atoms with Crippen LogP contribution in [0.25, 0.3) is 6.08 Å². The minimum Gasteiger partial charge on any atom is -0.304 e. The van der Waals surface area contributed by atoms with Crippen LogP contribution in [0.4, 0.5) is 10.1 Å². The Kier molecular flexibility index (Phi) is 6.01. The lowest BCUT2D eigenvalue weighted by Gasteiger charge is -2.14. The molecule has 0 heterocycles. The molecule has 0 aliphatic rings. The van der Waals surface area contributed by atoms with E-state index in [9.17, 15) is 19.1 Å². The quantitative estimate of drug-likeness (QED) is 0.430. The summed E-state index contributed by atoms with van der Waals surface area (Å²) in [5, 5.41) is 10.5. The summed E-state index contributed by atoms with van der Waals surface area (Å²) >= 11 is 0. The minimum absolute atomic E-state index is 0.0405. The number of non-ortho nitro benzene ring substituents is 1. The van der Waals surface area contributed by atoms with Crippen molar-refractivity contribution in [2.45, 2.75) is 13.8 Å². The lowest BCUT2D eigenvalue weighted by molar-refractivity contribution is -0.384. The van der Waals surface area contributed by atoms with Crippen molar-refractivity contribution in [3.05, 3.63) is 45.5 Å². The maximum Gasteiger partial charge on any atom is 0.389 e. The van der Waals surface area contributed by atoms with Crippen LogP contribution in [0.1, 0.15) is 19.4 Å². The summed E-state index contributed by atoms with van der Waals surface area (Å²) < 4.78 is 35.8. The van der Waals surface area contributed by atoms with Gasteiger partial charge in [0.05, 0.1) is 18.1 Å². The average molecular weight is 303 g/mol. The molecule has 0 N–H and O–H groups in total. The second kappa shape index (κ2) is 7.28. The molecule has 1 aromatic rings. The molecule has 0 fully saturated rings. The third-order valence-corrected chi connectivity index (χ3v) is 4.10. The van der Waals surface area contributed by atoms with Crippen LogP contribution >= 0.6 is 7.60 Å². The first-order chi connectivity index (χ1) is 9.42. The number of hydrogen-bond donors (Lipinski definition) is 0. The molecule has 0 unspecified atom stereocenters. The van der Waals surface area contributed by atoms with Crippen molar-refractivity contribution in [2.75, 3.05) is 13.2 Å². The smallest absolute Gasteiger partial charge is 0.304 e. The third-order valence-electron chi connectivity index (χ3n) is 2.25. The molecule has 1 rings (SSSR count). The summed E-state index contributed by atoms with van der Waals surface area (Å²) in [5.74, 6) is 0. The summed E-state index contributed by atoms with van der Waals surface area (Å²) in [4.78, 5) is 9.94. The first kappa shape index (κ1) is 16.5. The minimum atomic E-state index is -3.95. The maximum absolute atomic E-state index is 14.0. The van der Waals surface area contributed by atoms with Gasteiger partial charge in [-0.05, 0) is 37.6 Å². The number of nitro benzene ring substituents is 1. The molecule has 0 bridgehead atoms. The van der Waals surface area contributed by atoms with E-state index in [1.165, 1.54) is 24.3 Å². The van der Waals surface area contributed by atoms with Crippen molar-refractivity contribution in [1.82, 2.24) is 0 Å².